The maximum absolute atomic E-state index is 12.7. The molecule has 1 amide bonds. The smallest absolute Gasteiger partial charge is 0.340 e. The van der Waals surface area contributed by atoms with Crippen LogP contribution in [0.2, 0.25) is 0 Å². The van der Waals surface area contributed by atoms with Gasteiger partial charge in [-0.05, 0) is 55.3 Å². The summed E-state index contributed by atoms with van der Waals surface area (Å²) in [4.78, 5) is 25.0. The number of nitrogens with zero attached hydrogens (tertiary/aromatic N) is 1. The summed E-state index contributed by atoms with van der Waals surface area (Å²) >= 11 is 0. The summed E-state index contributed by atoms with van der Waals surface area (Å²) in [5, 5.41) is 12.5. The van der Waals surface area contributed by atoms with E-state index >= 15 is 0 Å². The highest BCUT2D eigenvalue weighted by atomic mass is 16.5. The molecule has 33 heavy (non-hydrogen) atoms. The van der Waals surface area contributed by atoms with Gasteiger partial charge in [-0.3, -0.25) is 4.79 Å². The fraction of sp³-hybridized carbons (Fsp3) is 0.148. The zero-order valence-corrected chi connectivity index (χ0v) is 18.3. The van der Waals surface area contributed by atoms with Crippen LogP contribution >= 0.6 is 0 Å². The lowest BCUT2D eigenvalue weighted by molar-refractivity contribution is -0.118. The van der Waals surface area contributed by atoms with E-state index in [4.69, 9.17) is 14.4 Å². The highest BCUT2D eigenvalue weighted by Gasteiger charge is 2.16. The molecule has 0 saturated carbocycles. The first-order chi connectivity index (χ1) is 16.0. The van der Waals surface area contributed by atoms with Gasteiger partial charge in [-0.2, -0.15) is 5.26 Å². The van der Waals surface area contributed by atoms with Crippen LogP contribution in [-0.2, 0) is 11.2 Å². The number of anilines is 1. The third-order valence-electron chi connectivity index (χ3n) is 5.51. The molecular formula is C27H22N2O4. The van der Waals surface area contributed by atoms with E-state index in [-0.39, 0.29) is 18.1 Å². The third-order valence-corrected chi connectivity index (χ3v) is 5.51. The Morgan fingerprint density at radius 3 is 2.58 bits per heavy atom. The molecule has 0 aliphatic heterocycles. The van der Waals surface area contributed by atoms with E-state index in [1.54, 1.807) is 37.3 Å². The fourth-order valence-electron chi connectivity index (χ4n) is 3.74. The van der Waals surface area contributed by atoms with Gasteiger partial charge in [0.2, 0.25) is 0 Å². The SMILES string of the molecule is Cc1c(Cc2ccccc2)c(=O)oc2c(C)c(OCC(=O)Nc3cccc(C#N)c3)ccc12. The minimum absolute atomic E-state index is 0.224. The van der Waals surface area contributed by atoms with Crippen molar-refractivity contribution in [2.45, 2.75) is 20.3 Å². The number of aryl methyl sites for hydroxylation is 2. The second-order valence-corrected chi connectivity index (χ2v) is 7.75. The Morgan fingerprint density at radius 2 is 1.82 bits per heavy atom. The molecular weight excluding hydrogens is 416 g/mol. The standard InChI is InChI=1S/C27H22N2O4/c1-17-22-11-12-24(32-16-25(30)29-21-10-6-9-20(13-21)15-28)18(2)26(22)33-27(31)23(17)14-19-7-4-3-5-8-19/h3-13H,14,16H2,1-2H3,(H,29,30). The second-order valence-electron chi connectivity index (χ2n) is 7.75. The van der Waals surface area contributed by atoms with E-state index in [0.717, 1.165) is 16.5 Å². The molecule has 0 atom stereocenters. The summed E-state index contributed by atoms with van der Waals surface area (Å²) < 4.78 is 11.4. The molecule has 0 spiro atoms. The van der Waals surface area contributed by atoms with Crippen molar-refractivity contribution in [2.75, 3.05) is 11.9 Å². The molecule has 0 saturated heterocycles. The lowest BCUT2D eigenvalue weighted by atomic mass is 9.98. The normalized spacial score (nSPS) is 10.6. The third kappa shape index (κ3) is 4.78. The summed E-state index contributed by atoms with van der Waals surface area (Å²) in [6, 6.07) is 22.1. The number of hydrogen-bond acceptors (Lipinski definition) is 5. The van der Waals surface area contributed by atoms with Crippen molar-refractivity contribution in [3.05, 3.63) is 105 Å². The molecule has 0 aliphatic rings. The lowest BCUT2D eigenvalue weighted by Gasteiger charge is -2.13. The largest absolute Gasteiger partial charge is 0.483 e. The van der Waals surface area contributed by atoms with Crippen molar-refractivity contribution >= 4 is 22.6 Å². The number of benzene rings is 3. The summed E-state index contributed by atoms with van der Waals surface area (Å²) in [5.74, 6) is 0.0993. The Morgan fingerprint density at radius 1 is 1.03 bits per heavy atom. The Kier molecular flexibility index (Phi) is 6.23. The molecule has 1 aromatic heterocycles. The quantitative estimate of drug-likeness (QED) is 0.433. The van der Waals surface area contributed by atoms with Crippen molar-refractivity contribution in [3.63, 3.8) is 0 Å². The van der Waals surface area contributed by atoms with Crippen LogP contribution in [0.3, 0.4) is 0 Å². The number of amides is 1. The molecule has 3 aromatic carbocycles. The molecule has 6 heteroatoms. The molecule has 1 heterocycles. The lowest BCUT2D eigenvalue weighted by Crippen LogP contribution is -2.20. The summed E-state index contributed by atoms with van der Waals surface area (Å²) in [7, 11) is 0. The topological polar surface area (TPSA) is 92.3 Å². The fourth-order valence-corrected chi connectivity index (χ4v) is 3.74. The zero-order valence-electron chi connectivity index (χ0n) is 18.3. The second kappa shape index (κ2) is 9.41. The van der Waals surface area contributed by atoms with Crippen molar-refractivity contribution in [3.8, 4) is 11.8 Å². The van der Waals surface area contributed by atoms with E-state index in [1.807, 2.05) is 49.4 Å². The first kappa shape index (κ1) is 21.8. The molecule has 0 bridgehead atoms. The van der Waals surface area contributed by atoms with Crippen LogP contribution in [0, 0.1) is 25.2 Å². The van der Waals surface area contributed by atoms with E-state index in [9.17, 15) is 9.59 Å². The van der Waals surface area contributed by atoms with Gasteiger partial charge in [0.15, 0.2) is 6.61 Å². The van der Waals surface area contributed by atoms with Crippen LogP contribution in [0.15, 0.2) is 75.9 Å². The van der Waals surface area contributed by atoms with E-state index in [2.05, 4.69) is 5.32 Å². The Balaban J connectivity index is 1.54. The van der Waals surface area contributed by atoms with Crippen LogP contribution in [-0.4, -0.2) is 12.5 Å². The highest BCUT2D eigenvalue weighted by molar-refractivity contribution is 5.92. The van der Waals surface area contributed by atoms with E-state index in [1.165, 1.54) is 0 Å². The highest BCUT2D eigenvalue weighted by Crippen LogP contribution is 2.30. The Labute approximate surface area is 191 Å². The summed E-state index contributed by atoms with van der Waals surface area (Å²) in [6.45, 7) is 3.49. The number of ether oxygens (including phenoxy) is 1. The van der Waals surface area contributed by atoms with Gasteiger partial charge in [0.05, 0.1) is 11.6 Å². The molecule has 4 aromatic rings. The predicted octanol–water partition coefficient (Wildman–Crippen LogP) is 4.89. The average Bonchev–Trinajstić information content (AvgIpc) is 2.82. The number of carbonyl (C=O) groups excluding carboxylic acids is 1. The minimum Gasteiger partial charge on any atom is -0.483 e. The molecule has 1 N–H and O–H groups in total. The van der Waals surface area contributed by atoms with Crippen LogP contribution in [0.5, 0.6) is 5.75 Å². The summed E-state index contributed by atoms with van der Waals surface area (Å²) in [6.07, 6.45) is 0.495. The molecule has 0 unspecified atom stereocenters. The predicted molar refractivity (Wildman–Crippen MR) is 126 cm³/mol. The van der Waals surface area contributed by atoms with Gasteiger partial charge in [0.25, 0.3) is 5.91 Å². The van der Waals surface area contributed by atoms with E-state index in [0.29, 0.717) is 40.1 Å². The molecule has 164 valence electrons. The van der Waals surface area contributed by atoms with Gasteiger partial charge in [-0.25, -0.2) is 4.79 Å². The maximum Gasteiger partial charge on any atom is 0.340 e. The zero-order chi connectivity index (χ0) is 23.4. The first-order valence-corrected chi connectivity index (χ1v) is 10.5. The monoisotopic (exact) mass is 438 g/mol. The van der Waals surface area contributed by atoms with Crippen molar-refractivity contribution in [1.29, 1.82) is 5.26 Å². The van der Waals surface area contributed by atoms with Crippen molar-refractivity contribution in [2.24, 2.45) is 0 Å². The van der Waals surface area contributed by atoms with Gasteiger partial charge in [0.1, 0.15) is 11.3 Å². The number of hydrogen-bond donors (Lipinski definition) is 1. The number of nitriles is 1. The number of fused-ring (bicyclic) bond motifs is 1. The molecule has 0 radical (unpaired) electrons. The minimum atomic E-state index is -0.376. The van der Waals surface area contributed by atoms with Crippen LogP contribution < -0.4 is 15.7 Å². The molecule has 0 fully saturated rings. The van der Waals surface area contributed by atoms with E-state index < -0.39 is 0 Å². The van der Waals surface area contributed by atoms with Crippen LogP contribution in [0.1, 0.15) is 27.8 Å². The Hall–Kier alpha value is -4.37. The van der Waals surface area contributed by atoms with Crippen molar-refractivity contribution < 1.29 is 13.9 Å². The van der Waals surface area contributed by atoms with Gasteiger partial charge in [0, 0.05) is 28.6 Å². The first-order valence-electron chi connectivity index (χ1n) is 10.5. The number of rotatable bonds is 6. The molecule has 0 aliphatic carbocycles. The molecule has 6 nitrogen and oxygen atoms in total. The van der Waals surface area contributed by atoms with Crippen molar-refractivity contribution in [1.82, 2.24) is 0 Å². The summed E-state index contributed by atoms with van der Waals surface area (Å²) in [5.41, 5.74) is 4.24. The van der Waals surface area contributed by atoms with Crippen LogP contribution in [0.25, 0.3) is 11.0 Å². The number of carbonyl (C=O) groups is 1. The van der Waals surface area contributed by atoms with Gasteiger partial charge < -0.3 is 14.5 Å². The van der Waals surface area contributed by atoms with Gasteiger partial charge in [-0.1, -0.05) is 36.4 Å². The number of nitrogens with one attached hydrogen (secondary N) is 1. The maximum atomic E-state index is 12.7. The Bertz CT molecular complexity index is 1430. The van der Waals surface area contributed by atoms with Gasteiger partial charge >= 0.3 is 5.63 Å². The van der Waals surface area contributed by atoms with Crippen LogP contribution in [0.4, 0.5) is 5.69 Å². The van der Waals surface area contributed by atoms with Gasteiger partial charge in [-0.15, -0.1) is 0 Å². The average molecular weight is 438 g/mol. The molecule has 4 rings (SSSR count).